The normalized spacial score (nSPS) is 20.9. The van der Waals surface area contributed by atoms with E-state index in [-0.39, 0.29) is 5.91 Å². The Morgan fingerprint density at radius 3 is 2.72 bits per heavy atom. The van der Waals surface area contributed by atoms with Crippen molar-refractivity contribution in [2.75, 3.05) is 51.8 Å². The van der Waals surface area contributed by atoms with Crippen LogP contribution in [0.25, 0.3) is 22.0 Å². The molecule has 5 heterocycles. The van der Waals surface area contributed by atoms with Crippen LogP contribution in [-0.4, -0.2) is 83.5 Å². The average molecular weight is 489 g/mol. The van der Waals surface area contributed by atoms with Gasteiger partial charge in [0.05, 0.1) is 11.7 Å². The molecule has 0 bridgehead atoms. The smallest absolute Gasteiger partial charge is 0.219 e. The van der Waals surface area contributed by atoms with Crippen LogP contribution in [0.1, 0.15) is 43.5 Å². The summed E-state index contributed by atoms with van der Waals surface area (Å²) in [7, 11) is 4.31. The van der Waals surface area contributed by atoms with Gasteiger partial charge < -0.3 is 19.4 Å². The Bertz CT molecular complexity index is 1280. The fourth-order valence-electron chi connectivity index (χ4n) is 6.07. The molecular weight excluding hydrogens is 452 g/mol. The van der Waals surface area contributed by atoms with E-state index in [0.29, 0.717) is 18.6 Å². The van der Waals surface area contributed by atoms with E-state index in [2.05, 4.69) is 52.8 Å². The minimum atomic E-state index is 0.122. The number of rotatable bonds is 4. The average Bonchev–Trinajstić information content (AvgIpc) is 3.54. The molecule has 3 aromatic rings. The van der Waals surface area contributed by atoms with Gasteiger partial charge in [-0.25, -0.2) is 4.98 Å². The first-order valence-electron chi connectivity index (χ1n) is 13.2. The number of likely N-dealkylation sites (N-methyl/N-ethyl adjacent to an activating group) is 1. The minimum Gasteiger partial charge on any atom is -0.381 e. The van der Waals surface area contributed by atoms with Crippen molar-refractivity contribution in [2.45, 2.75) is 51.2 Å². The van der Waals surface area contributed by atoms with E-state index >= 15 is 0 Å². The second kappa shape index (κ2) is 9.48. The van der Waals surface area contributed by atoms with Crippen molar-refractivity contribution in [3.8, 4) is 11.3 Å². The summed E-state index contributed by atoms with van der Waals surface area (Å²) >= 11 is 0. The molecule has 3 aliphatic rings. The molecule has 8 heteroatoms. The van der Waals surface area contributed by atoms with Gasteiger partial charge >= 0.3 is 0 Å². The summed E-state index contributed by atoms with van der Waals surface area (Å²) in [5.74, 6) is 1.16. The molecule has 0 aliphatic carbocycles. The van der Waals surface area contributed by atoms with Crippen molar-refractivity contribution >= 4 is 22.5 Å². The molecule has 6 rings (SSSR count). The third-order valence-electron chi connectivity index (χ3n) is 8.29. The lowest BCUT2D eigenvalue weighted by atomic mass is 9.97. The van der Waals surface area contributed by atoms with Crippen LogP contribution in [0.15, 0.2) is 30.5 Å². The Labute approximate surface area is 212 Å². The number of carbonyl (C=O) groups excluding carboxylic acids is 1. The van der Waals surface area contributed by atoms with Gasteiger partial charge in [0.2, 0.25) is 5.91 Å². The number of carbonyl (C=O) groups is 1. The molecule has 2 aromatic heterocycles. The molecule has 0 saturated carbocycles. The highest BCUT2D eigenvalue weighted by atomic mass is 16.5. The first-order valence-corrected chi connectivity index (χ1v) is 13.2. The molecule has 0 N–H and O–H groups in total. The maximum absolute atomic E-state index is 12.3. The molecule has 190 valence electrons. The number of anilines is 1. The standard InChI is InChI=1S/C28H36N6O2/c1-19(35)32-12-8-26-25(18-32)28(30-34(26)21-9-13-36-14-10-21)23-6-4-5-20-15-27(29-16-24(20)23)33-11-7-22(17-33)31(2)3/h4-6,15-16,21-22H,7-14,17-18H2,1-3H3. The van der Waals surface area contributed by atoms with Crippen LogP contribution < -0.4 is 4.90 Å². The minimum absolute atomic E-state index is 0.122. The van der Waals surface area contributed by atoms with Crippen LogP contribution in [0.5, 0.6) is 0 Å². The number of fused-ring (bicyclic) bond motifs is 2. The third kappa shape index (κ3) is 4.16. The van der Waals surface area contributed by atoms with Gasteiger partial charge in [-0.05, 0) is 44.8 Å². The van der Waals surface area contributed by atoms with Crippen molar-refractivity contribution in [1.82, 2.24) is 24.6 Å². The highest BCUT2D eigenvalue weighted by Gasteiger charge is 2.31. The molecule has 2 fully saturated rings. The van der Waals surface area contributed by atoms with E-state index in [4.69, 9.17) is 14.8 Å². The maximum atomic E-state index is 12.3. The number of ether oxygens (including phenoxy) is 1. The SMILES string of the molecule is CC(=O)N1CCc2c(c(-c3cccc4cc(N5CCC(N(C)C)C5)ncc34)nn2C2CCOCC2)C1. The quantitative estimate of drug-likeness (QED) is 0.560. The van der Waals surface area contributed by atoms with Crippen molar-refractivity contribution in [1.29, 1.82) is 0 Å². The monoisotopic (exact) mass is 488 g/mol. The lowest BCUT2D eigenvalue weighted by molar-refractivity contribution is -0.129. The molecule has 1 unspecified atom stereocenters. The largest absolute Gasteiger partial charge is 0.381 e. The predicted molar refractivity (Wildman–Crippen MR) is 141 cm³/mol. The first kappa shape index (κ1) is 23.4. The lowest BCUT2D eigenvalue weighted by Gasteiger charge is -2.29. The van der Waals surface area contributed by atoms with Gasteiger partial charge in [0, 0.05) is 87.2 Å². The zero-order valence-electron chi connectivity index (χ0n) is 21.6. The molecule has 1 aromatic carbocycles. The number of hydrogen-bond donors (Lipinski definition) is 0. The molecule has 36 heavy (non-hydrogen) atoms. The number of benzene rings is 1. The van der Waals surface area contributed by atoms with Crippen molar-refractivity contribution in [2.24, 2.45) is 0 Å². The molecule has 2 saturated heterocycles. The van der Waals surface area contributed by atoms with E-state index in [9.17, 15) is 4.79 Å². The lowest BCUT2D eigenvalue weighted by Crippen LogP contribution is -2.35. The highest BCUT2D eigenvalue weighted by molar-refractivity contribution is 5.97. The molecule has 8 nitrogen and oxygen atoms in total. The van der Waals surface area contributed by atoms with Crippen molar-refractivity contribution in [3.63, 3.8) is 0 Å². The second-order valence-corrected chi connectivity index (χ2v) is 10.7. The van der Waals surface area contributed by atoms with Crippen LogP contribution in [0.2, 0.25) is 0 Å². The number of nitrogens with zero attached hydrogens (tertiary/aromatic N) is 6. The van der Waals surface area contributed by atoms with Crippen molar-refractivity contribution in [3.05, 3.63) is 41.7 Å². The topological polar surface area (TPSA) is 66.7 Å². The fourth-order valence-corrected chi connectivity index (χ4v) is 6.07. The van der Waals surface area contributed by atoms with Gasteiger partial charge in [-0.2, -0.15) is 5.10 Å². The van der Waals surface area contributed by atoms with Gasteiger partial charge in [0.15, 0.2) is 0 Å². The summed E-state index contributed by atoms with van der Waals surface area (Å²) in [6.07, 6.45) is 5.99. The van der Waals surface area contributed by atoms with Gasteiger partial charge in [-0.1, -0.05) is 18.2 Å². The summed E-state index contributed by atoms with van der Waals surface area (Å²) < 4.78 is 7.89. The summed E-state index contributed by atoms with van der Waals surface area (Å²) in [6, 6.07) is 9.60. The van der Waals surface area contributed by atoms with Crippen LogP contribution in [0.4, 0.5) is 5.82 Å². The summed E-state index contributed by atoms with van der Waals surface area (Å²) in [6.45, 7) is 6.63. The van der Waals surface area contributed by atoms with E-state index in [0.717, 1.165) is 81.0 Å². The number of amides is 1. The van der Waals surface area contributed by atoms with Crippen LogP contribution in [0, 0.1) is 0 Å². The van der Waals surface area contributed by atoms with Crippen molar-refractivity contribution < 1.29 is 9.53 Å². The van der Waals surface area contributed by atoms with Crippen LogP contribution >= 0.6 is 0 Å². The van der Waals surface area contributed by atoms with Crippen LogP contribution in [0.3, 0.4) is 0 Å². The molecule has 0 spiro atoms. The zero-order valence-corrected chi connectivity index (χ0v) is 21.6. The van der Waals surface area contributed by atoms with Gasteiger partial charge in [0.25, 0.3) is 0 Å². The Morgan fingerprint density at radius 2 is 1.97 bits per heavy atom. The summed E-state index contributed by atoms with van der Waals surface area (Å²) in [5.41, 5.74) is 4.57. The summed E-state index contributed by atoms with van der Waals surface area (Å²) in [5, 5.41) is 7.53. The van der Waals surface area contributed by atoms with Gasteiger partial charge in [0.1, 0.15) is 5.82 Å². The molecule has 0 radical (unpaired) electrons. The molecule has 1 amide bonds. The van der Waals surface area contributed by atoms with E-state index in [1.165, 1.54) is 16.6 Å². The Morgan fingerprint density at radius 1 is 1.14 bits per heavy atom. The summed E-state index contributed by atoms with van der Waals surface area (Å²) in [4.78, 5) is 23.8. The Hall–Kier alpha value is -2.97. The predicted octanol–water partition coefficient (Wildman–Crippen LogP) is 3.49. The van der Waals surface area contributed by atoms with E-state index < -0.39 is 0 Å². The van der Waals surface area contributed by atoms with Gasteiger partial charge in [-0.3, -0.25) is 9.48 Å². The molecular formula is C28H36N6O2. The Kier molecular flexibility index (Phi) is 6.17. The number of aromatic nitrogens is 3. The molecule has 1 atom stereocenters. The van der Waals surface area contributed by atoms with Crippen LogP contribution in [-0.2, 0) is 22.5 Å². The zero-order chi connectivity index (χ0) is 24.8. The van der Waals surface area contributed by atoms with E-state index in [1.54, 1.807) is 6.92 Å². The highest BCUT2D eigenvalue weighted by Crippen LogP contribution is 2.37. The Balaban J connectivity index is 1.41. The maximum Gasteiger partial charge on any atom is 0.219 e. The second-order valence-electron chi connectivity index (χ2n) is 10.7. The van der Waals surface area contributed by atoms with E-state index in [1.807, 2.05) is 11.1 Å². The first-order chi connectivity index (χ1) is 17.5. The van der Waals surface area contributed by atoms with Gasteiger partial charge in [-0.15, -0.1) is 0 Å². The molecule has 3 aliphatic heterocycles. The number of pyridine rings is 1. The fraction of sp³-hybridized carbons (Fsp3) is 0.536. The number of hydrogen-bond acceptors (Lipinski definition) is 6. The third-order valence-corrected chi connectivity index (χ3v) is 8.29.